The molecule has 0 aliphatic carbocycles. The SMILES string of the molecule is CC(F)(F)[C@@]1(C)CN2CC[C@@H](c3cncc(F)c3)N2C1=O. The second-order valence-corrected chi connectivity index (χ2v) is 6.00. The van der Waals surface area contributed by atoms with E-state index in [-0.39, 0.29) is 6.54 Å². The molecule has 21 heavy (non-hydrogen) atoms. The molecule has 2 aliphatic rings. The van der Waals surface area contributed by atoms with Crippen LogP contribution >= 0.6 is 0 Å². The van der Waals surface area contributed by atoms with Gasteiger partial charge in [-0.15, -0.1) is 0 Å². The van der Waals surface area contributed by atoms with Crippen molar-refractivity contribution in [1.82, 2.24) is 15.0 Å². The molecule has 3 rings (SSSR count). The normalized spacial score (nSPS) is 30.0. The maximum absolute atomic E-state index is 13.8. The number of carbonyl (C=O) groups excluding carboxylic acids is 1. The smallest absolute Gasteiger partial charge is 0.260 e. The Balaban J connectivity index is 1.95. The number of amides is 1. The summed E-state index contributed by atoms with van der Waals surface area (Å²) >= 11 is 0. The summed E-state index contributed by atoms with van der Waals surface area (Å²) in [6, 6.07) is 0.874. The number of halogens is 3. The van der Waals surface area contributed by atoms with Crippen molar-refractivity contribution in [3.05, 3.63) is 29.8 Å². The molecule has 0 spiro atoms. The highest BCUT2D eigenvalue weighted by Crippen LogP contribution is 2.48. The summed E-state index contributed by atoms with van der Waals surface area (Å²) in [5.74, 6) is -4.22. The lowest BCUT2D eigenvalue weighted by molar-refractivity contribution is -0.156. The van der Waals surface area contributed by atoms with Gasteiger partial charge in [0.25, 0.3) is 11.8 Å². The molecular weight excluding hydrogens is 283 g/mol. The Kier molecular flexibility index (Phi) is 3.02. The largest absolute Gasteiger partial charge is 0.272 e. The van der Waals surface area contributed by atoms with Gasteiger partial charge in [-0.05, 0) is 25.0 Å². The van der Waals surface area contributed by atoms with Crippen molar-refractivity contribution in [1.29, 1.82) is 0 Å². The van der Waals surface area contributed by atoms with Gasteiger partial charge in [0, 0.05) is 26.2 Å². The van der Waals surface area contributed by atoms with Gasteiger partial charge in [-0.2, -0.15) is 0 Å². The van der Waals surface area contributed by atoms with Gasteiger partial charge in [0.1, 0.15) is 11.2 Å². The van der Waals surface area contributed by atoms with Gasteiger partial charge in [0.2, 0.25) is 0 Å². The van der Waals surface area contributed by atoms with Crippen LogP contribution in [0.3, 0.4) is 0 Å². The molecule has 0 bridgehead atoms. The molecule has 0 saturated carbocycles. The highest BCUT2D eigenvalue weighted by molar-refractivity contribution is 5.86. The zero-order valence-electron chi connectivity index (χ0n) is 11.8. The Morgan fingerprint density at radius 2 is 2.14 bits per heavy atom. The summed E-state index contributed by atoms with van der Waals surface area (Å²) in [6.07, 6.45) is 3.14. The Bertz CT molecular complexity index is 589. The highest BCUT2D eigenvalue weighted by atomic mass is 19.3. The maximum Gasteiger partial charge on any atom is 0.260 e. The molecule has 4 nitrogen and oxygen atoms in total. The summed E-state index contributed by atoms with van der Waals surface area (Å²) in [5.41, 5.74) is -1.21. The first-order chi connectivity index (χ1) is 9.74. The van der Waals surface area contributed by atoms with Crippen LogP contribution in [0.25, 0.3) is 0 Å². The van der Waals surface area contributed by atoms with E-state index in [1.807, 2.05) is 0 Å². The summed E-state index contributed by atoms with van der Waals surface area (Å²) in [5, 5.41) is 2.99. The van der Waals surface area contributed by atoms with E-state index in [0.29, 0.717) is 18.5 Å². The molecule has 0 unspecified atom stereocenters. The van der Waals surface area contributed by atoms with E-state index in [0.717, 1.165) is 13.1 Å². The van der Waals surface area contributed by atoms with Crippen LogP contribution < -0.4 is 0 Å². The molecule has 2 atom stereocenters. The number of hydrogen-bond acceptors (Lipinski definition) is 3. The third kappa shape index (κ3) is 2.02. The fourth-order valence-corrected chi connectivity index (χ4v) is 3.05. The molecule has 2 aliphatic heterocycles. The van der Waals surface area contributed by atoms with Crippen molar-refractivity contribution in [3.63, 3.8) is 0 Å². The second-order valence-electron chi connectivity index (χ2n) is 6.00. The average Bonchev–Trinajstić information content (AvgIpc) is 2.89. The third-order valence-electron chi connectivity index (χ3n) is 4.52. The van der Waals surface area contributed by atoms with Crippen LogP contribution in [-0.4, -0.2) is 39.9 Å². The topological polar surface area (TPSA) is 36.4 Å². The van der Waals surface area contributed by atoms with Gasteiger partial charge in [0.15, 0.2) is 0 Å². The minimum atomic E-state index is -3.11. The second kappa shape index (κ2) is 4.43. The van der Waals surface area contributed by atoms with Gasteiger partial charge in [-0.25, -0.2) is 18.2 Å². The zero-order chi connectivity index (χ0) is 15.4. The number of alkyl halides is 2. The van der Waals surface area contributed by atoms with Crippen molar-refractivity contribution in [3.8, 4) is 0 Å². The van der Waals surface area contributed by atoms with Gasteiger partial charge in [-0.3, -0.25) is 14.8 Å². The standard InChI is InChI=1S/C14H16F3N3O/c1-13(14(2,16)17)8-19-4-3-11(20(19)12(13)21)9-5-10(15)7-18-6-9/h5-7,11H,3-4,8H2,1-2H3/t11-,13-/m0/s1. The number of nitrogens with zero attached hydrogens (tertiary/aromatic N) is 3. The molecule has 1 aromatic heterocycles. The van der Waals surface area contributed by atoms with E-state index in [1.165, 1.54) is 24.2 Å². The van der Waals surface area contributed by atoms with Crippen LogP contribution in [0.4, 0.5) is 13.2 Å². The summed E-state index contributed by atoms with van der Waals surface area (Å²) in [7, 11) is 0. The van der Waals surface area contributed by atoms with Crippen LogP contribution in [0.2, 0.25) is 0 Å². The number of hydrazine groups is 1. The fraction of sp³-hybridized carbons (Fsp3) is 0.571. The predicted molar refractivity (Wildman–Crippen MR) is 68.7 cm³/mol. The van der Waals surface area contributed by atoms with Gasteiger partial charge >= 0.3 is 0 Å². The average molecular weight is 299 g/mol. The van der Waals surface area contributed by atoms with E-state index >= 15 is 0 Å². The van der Waals surface area contributed by atoms with Crippen molar-refractivity contribution in [2.24, 2.45) is 5.41 Å². The monoisotopic (exact) mass is 299 g/mol. The Morgan fingerprint density at radius 1 is 1.43 bits per heavy atom. The molecule has 7 heteroatoms. The number of rotatable bonds is 2. The first kappa shape index (κ1) is 14.3. The Hall–Kier alpha value is -1.63. The van der Waals surface area contributed by atoms with Crippen LogP contribution in [0.1, 0.15) is 31.9 Å². The number of hydrogen-bond donors (Lipinski definition) is 0. The summed E-state index contributed by atoms with van der Waals surface area (Å²) in [6.45, 7) is 2.54. The molecule has 3 heterocycles. The van der Waals surface area contributed by atoms with E-state index in [4.69, 9.17) is 0 Å². The number of fused-ring (bicyclic) bond motifs is 1. The van der Waals surface area contributed by atoms with E-state index in [1.54, 1.807) is 5.01 Å². The molecule has 2 fully saturated rings. The molecule has 1 amide bonds. The molecular formula is C14H16F3N3O. The van der Waals surface area contributed by atoms with E-state index in [2.05, 4.69) is 4.98 Å². The first-order valence-electron chi connectivity index (χ1n) is 6.81. The Morgan fingerprint density at radius 3 is 2.76 bits per heavy atom. The Labute approximate surface area is 120 Å². The lowest BCUT2D eigenvalue weighted by atomic mass is 9.83. The van der Waals surface area contributed by atoms with Crippen LogP contribution in [0.5, 0.6) is 0 Å². The van der Waals surface area contributed by atoms with Crippen molar-refractivity contribution < 1.29 is 18.0 Å². The van der Waals surface area contributed by atoms with Crippen LogP contribution in [-0.2, 0) is 4.79 Å². The summed E-state index contributed by atoms with van der Waals surface area (Å²) < 4.78 is 40.9. The van der Waals surface area contributed by atoms with Gasteiger partial charge in [-0.1, -0.05) is 0 Å². The van der Waals surface area contributed by atoms with Crippen molar-refractivity contribution in [2.45, 2.75) is 32.2 Å². The molecule has 0 radical (unpaired) electrons. The lowest BCUT2D eigenvalue weighted by Gasteiger charge is -2.29. The first-order valence-corrected chi connectivity index (χ1v) is 6.81. The minimum absolute atomic E-state index is 0.0193. The van der Waals surface area contributed by atoms with Crippen LogP contribution in [0.15, 0.2) is 18.5 Å². The molecule has 0 N–H and O–H groups in total. The predicted octanol–water partition coefficient (Wildman–Crippen LogP) is 2.39. The molecule has 114 valence electrons. The highest BCUT2D eigenvalue weighted by Gasteiger charge is 2.62. The van der Waals surface area contributed by atoms with Gasteiger partial charge < -0.3 is 0 Å². The number of pyridine rings is 1. The number of aromatic nitrogens is 1. The van der Waals surface area contributed by atoms with Gasteiger partial charge in [0.05, 0.1) is 12.2 Å². The molecule has 2 saturated heterocycles. The van der Waals surface area contributed by atoms with E-state index < -0.39 is 29.1 Å². The van der Waals surface area contributed by atoms with Crippen molar-refractivity contribution in [2.75, 3.05) is 13.1 Å². The molecule has 0 aromatic carbocycles. The quantitative estimate of drug-likeness (QED) is 0.841. The molecule has 1 aromatic rings. The minimum Gasteiger partial charge on any atom is -0.272 e. The van der Waals surface area contributed by atoms with Crippen molar-refractivity contribution >= 4 is 5.91 Å². The zero-order valence-corrected chi connectivity index (χ0v) is 11.8. The van der Waals surface area contributed by atoms with Crippen LogP contribution in [0, 0.1) is 11.2 Å². The van der Waals surface area contributed by atoms with E-state index in [9.17, 15) is 18.0 Å². The summed E-state index contributed by atoms with van der Waals surface area (Å²) in [4.78, 5) is 16.3. The third-order valence-corrected chi connectivity index (χ3v) is 4.52. The fourth-order valence-electron chi connectivity index (χ4n) is 3.05. The maximum atomic E-state index is 13.8. The lowest BCUT2D eigenvalue weighted by Crippen LogP contribution is -2.45. The number of carbonyl (C=O) groups is 1.